The first-order chi connectivity index (χ1) is 7.18. The molecule has 0 saturated carbocycles. The third-order valence-corrected chi connectivity index (χ3v) is 1.91. The van der Waals surface area contributed by atoms with E-state index < -0.39 is 17.3 Å². The van der Waals surface area contributed by atoms with Crippen LogP contribution in [0.5, 0.6) is 0 Å². The molecule has 1 aromatic heterocycles. The maximum atomic E-state index is 12.9. The van der Waals surface area contributed by atoms with Crippen LogP contribution in [0.15, 0.2) is 45.6 Å². The Labute approximate surface area is 83.8 Å². The number of halogens is 2. The van der Waals surface area contributed by atoms with Crippen LogP contribution in [0.4, 0.5) is 8.78 Å². The van der Waals surface area contributed by atoms with Gasteiger partial charge in [-0.15, -0.1) is 0 Å². The summed E-state index contributed by atoms with van der Waals surface area (Å²) in [5.74, 6) is -2.68. The van der Waals surface area contributed by atoms with Crippen LogP contribution in [0.25, 0.3) is 11.3 Å². The molecule has 0 radical (unpaired) electrons. The minimum absolute atomic E-state index is 0.0134. The molecule has 0 saturated heterocycles. The van der Waals surface area contributed by atoms with E-state index in [0.717, 1.165) is 6.07 Å². The van der Waals surface area contributed by atoms with E-state index in [-0.39, 0.29) is 5.76 Å². The van der Waals surface area contributed by atoms with Gasteiger partial charge in [-0.2, -0.15) is 4.39 Å². The lowest BCUT2D eigenvalue weighted by atomic mass is 10.1. The topological polar surface area (TPSA) is 30.2 Å². The quantitative estimate of drug-likeness (QED) is 0.721. The average Bonchev–Trinajstić information content (AvgIpc) is 2.26. The first kappa shape index (κ1) is 9.58. The predicted molar refractivity (Wildman–Crippen MR) is 50.3 cm³/mol. The molecule has 2 aromatic rings. The van der Waals surface area contributed by atoms with E-state index >= 15 is 0 Å². The molecule has 0 aliphatic heterocycles. The predicted octanol–water partition coefficient (Wildman–Crippen LogP) is 2.59. The van der Waals surface area contributed by atoms with Gasteiger partial charge in [-0.1, -0.05) is 30.3 Å². The maximum absolute atomic E-state index is 12.9. The monoisotopic (exact) mass is 208 g/mol. The highest BCUT2D eigenvalue weighted by Crippen LogP contribution is 2.18. The second-order valence-electron chi connectivity index (χ2n) is 2.93. The van der Waals surface area contributed by atoms with Gasteiger partial charge in [0.1, 0.15) is 5.76 Å². The SMILES string of the molecule is O=c1oc(-c2ccccc2)cc(F)c1F. The van der Waals surface area contributed by atoms with Crippen molar-refractivity contribution in [2.45, 2.75) is 0 Å². The third kappa shape index (κ3) is 1.79. The molecule has 2 nitrogen and oxygen atoms in total. The van der Waals surface area contributed by atoms with Gasteiger partial charge >= 0.3 is 5.63 Å². The fourth-order valence-electron chi connectivity index (χ4n) is 1.19. The summed E-state index contributed by atoms with van der Waals surface area (Å²) in [6, 6.07) is 9.30. The molecule has 15 heavy (non-hydrogen) atoms. The van der Waals surface area contributed by atoms with Gasteiger partial charge in [-0.25, -0.2) is 9.18 Å². The molecule has 0 fully saturated rings. The molecule has 0 unspecified atom stereocenters. The normalized spacial score (nSPS) is 10.3. The van der Waals surface area contributed by atoms with E-state index in [1.54, 1.807) is 30.3 Å². The Bertz CT molecular complexity index is 532. The molecule has 0 spiro atoms. The fourth-order valence-corrected chi connectivity index (χ4v) is 1.19. The first-order valence-corrected chi connectivity index (χ1v) is 4.23. The molecule has 0 amide bonds. The van der Waals surface area contributed by atoms with Gasteiger partial charge in [-0.3, -0.25) is 0 Å². The van der Waals surface area contributed by atoms with Gasteiger partial charge in [-0.05, 0) is 0 Å². The summed E-state index contributed by atoms with van der Waals surface area (Å²) in [4.78, 5) is 10.9. The Kier molecular flexibility index (Phi) is 2.33. The minimum atomic E-state index is -1.49. The number of hydrogen-bond donors (Lipinski definition) is 0. The summed E-state index contributed by atoms with van der Waals surface area (Å²) in [5, 5.41) is 0. The van der Waals surface area contributed by atoms with Gasteiger partial charge in [0.15, 0.2) is 5.82 Å². The molecular formula is C11H6F2O2. The minimum Gasteiger partial charge on any atom is -0.420 e. The maximum Gasteiger partial charge on any atom is 0.375 e. The van der Waals surface area contributed by atoms with E-state index in [2.05, 4.69) is 4.42 Å². The Morgan fingerprint density at radius 3 is 2.33 bits per heavy atom. The van der Waals surface area contributed by atoms with E-state index in [1.165, 1.54) is 0 Å². The van der Waals surface area contributed by atoms with E-state index in [9.17, 15) is 13.6 Å². The van der Waals surface area contributed by atoms with Crippen molar-refractivity contribution >= 4 is 0 Å². The van der Waals surface area contributed by atoms with Crippen molar-refractivity contribution in [3.8, 4) is 11.3 Å². The standard InChI is InChI=1S/C11H6F2O2/c12-8-6-9(15-11(14)10(8)13)7-4-2-1-3-5-7/h1-6H. The largest absolute Gasteiger partial charge is 0.420 e. The van der Waals surface area contributed by atoms with Crippen molar-refractivity contribution in [3.05, 3.63) is 58.5 Å². The van der Waals surface area contributed by atoms with Crippen LogP contribution in [0.2, 0.25) is 0 Å². The van der Waals surface area contributed by atoms with Crippen molar-refractivity contribution < 1.29 is 13.2 Å². The van der Waals surface area contributed by atoms with Gasteiger partial charge in [0.2, 0.25) is 5.82 Å². The van der Waals surface area contributed by atoms with Crippen LogP contribution in [0, 0.1) is 11.6 Å². The highest BCUT2D eigenvalue weighted by atomic mass is 19.2. The van der Waals surface area contributed by atoms with Gasteiger partial charge in [0.05, 0.1) is 0 Å². The van der Waals surface area contributed by atoms with Crippen LogP contribution >= 0.6 is 0 Å². The van der Waals surface area contributed by atoms with Crippen molar-refractivity contribution in [2.24, 2.45) is 0 Å². The highest BCUT2D eigenvalue weighted by molar-refractivity contribution is 5.56. The van der Waals surface area contributed by atoms with Crippen LogP contribution in [0.1, 0.15) is 0 Å². The summed E-state index contributed by atoms with van der Waals surface area (Å²) in [7, 11) is 0. The smallest absolute Gasteiger partial charge is 0.375 e. The third-order valence-electron chi connectivity index (χ3n) is 1.91. The fraction of sp³-hybridized carbons (Fsp3) is 0. The molecular weight excluding hydrogens is 202 g/mol. The molecule has 1 heterocycles. The summed E-state index contributed by atoms with van der Waals surface area (Å²) < 4.78 is 30.1. The lowest BCUT2D eigenvalue weighted by Gasteiger charge is -1.99. The molecule has 0 aliphatic rings. The molecule has 2 rings (SSSR count). The average molecular weight is 208 g/mol. The second-order valence-corrected chi connectivity index (χ2v) is 2.93. The highest BCUT2D eigenvalue weighted by Gasteiger charge is 2.11. The number of benzene rings is 1. The zero-order valence-corrected chi connectivity index (χ0v) is 7.54. The Morgan fingerprint density at radius 1 is 1.07 bits per heavy atom. The molecule has 4 heteroatoms. The Morgan fingerprint density at radius 2 is 1.73 bits per heavy atom. The Hall–Kier alpha value is -1.97. The van der Waals surface area contributed by atoms with E-state index in [1.807, 2.05) is 0 Å². The number of hydrogen-bond acceptors (Lipinski definition) is 2. The van der Waals surface area contributed by atoms with Crippen LogP contribution in [-0.2, 0) is 0 Å². The summed E-state index contributed by atoms with van der Waals surface area (Å²) in [6.07, 6.45) is 0. The molecule has 76 valence electrons. The van der Waals surface area contributed by atoms with Crippen molar-refractivity contribution in [3.63, 3.8) is 0 Å². The molecule has 1 aromatic carbocycles. The number of rotatable bonds is 1. The van der Waals surface area contributed by atoms with E-state index in [4.69, 9.17) is 0 Å². The van der Waals surface area contributed by atoms with Gasteiger partial charge in [0.25, 0.3) is 0 Å². The molecule has 0 N–H and O–H groups in total. The second kappa shape index (κ2) is 3.65. The van der Waals surface area contributed by atoms with Crippen LogP contribution in [-0.4, -0.2) is 0 Å². The van der Waals surface area contributed by atoms with Crippen LogP contribution < -0.4 is 5.63 Å². The lowest BCUT2D eigenvalue weighted by molar-refractivity contribution is 0.416. The first-order valence-electron chi connectivity index (χ1n) is 4.23. The Balaban J connectivity index is 2.61. The zero-order valence-electron chi connectivity index (χ0n) is 7.54. The van der Waals surface area contributed by atoms with Crippen molar-refractivity contribution in [1.82, 2.24) is 0 Å². The summed E-state index contributed by atoms with van der Waals surface area (Å²) in [6.45, 7) is 0. The van der Waals surface area contributed by atoms with E-state index in [0.29, 0.717) is 5.56 Å². The molecule has 0 bridgehead atoms. The van der Waals surface area contributed by atoms with Gasteiger partial charge < -0.3 is 4.42 Å². The van der Waals surface area contributed by atoms with Crippen molar-refractivity contribution in [2.75, 3.05) is 0 Å². The van der Waals surface area contributed by atoms with Crippen LogP contribution in [0.3, 0.4) is 0 Å². The van der Waals surface area contributed by atoms with Crippen molar-refractivity contribution in [1.29, 1.82) is 0 Å². The lowest BCUT2D eigenvalue weighted by Crippen LogP contribution is -2.07. The van der Waals surface area contributed by atoms with Gasteiger partial charge in [0, 0.05) is 11.6 Å². The summed E-state index contributed by atoms with van der Waals surface area (Å²) >= 11 is 0. The zero-order chi connectivity index (χ0) is 10.8. The molecule has 0 aliphatic carbocycles. The summed E-state index contributed by atoms with van der Waals surface area (Å²) in [5.41, 5.74) is -0.776. The molecule has 0 atom stereocenters.